The van der Waals surface area contributed by atoms with E-state index >= 15 is 0 Å². The molecule has 0 unspecified atom stereocenters. The zero-order valence-electron chi connectivity index (χ0n) is 8.41. The molecule has 3 heteroatoms. The second kappa shape index (κ2) is 5.22. The molecule has 76 valence electrons. The molecule has 2 atom stereocenters. The number of carbonyl (C=O) groups excluding carboxylic acids is 1. The smallest absolute Gasteiger partial charge is 0.304 e. The van der Waals surface area contributed by atoms with Crippen molar-refractivity contribution in [1.82, 2.24) is 0 Å². The second-order valence-electron chi connectivity index (χ2n) is 3.52. The van der Waals surface area contributed by atoms with Crippen LogP contribution >= 0.6 is 0 Å². The fourth-order valence-electron chi connectivity index (χ4n) is 1.67. The van der Waals surface area contributed by atoms with Crippen molar-refractivity contribution in [2.45, 2.75) is 58.3 Å². The van der Waals surface area contributed by atoms with Crippen molar-refractivity contribution in [2.75, 3.05) is 0 Å². The zero-order valence-corrected chi connectivity index (χ0v) is 8.41. The van der Waals surface area contributed by atoms with Gasteiger partial charge in [0, 0.05) is 13.3 Å². The molecule has 0 amide bonds. The second-order valence-corrected chi connectivity index (χ2v) is 3.52. The van der Waals surface area contributed by atoms with Crippen molar-refractivity contribution < 1.29 is 14.3 Å². The van der Waals surface area contributed by atoms with Crippen LogP contribution in [-0.4, -0.2) is 18.4 Å². The van der Waals surface area contributed by atoms with E-state index in [0.29, 0.717) is 6.10 Å². The fraction of sp³-hybridized carbons (Fsp3) is 0.900. The van der Waals surface area contributed by atoms with Gasteiger partial charge in [-0.2, -0.15) is 0 Å². The highest BCUT2D eigenvalue weighted by atomic mass is 16.7. The molecule has 1 aliphatic heterocycles. The molecular formula is C10H18O3. The summed E-state index contributed by atoms with van der Waals surface area (Å²) in [6.07, 6.45) is 5.24. The van der Waals surface area contributed by atoms with Gasteiger partial charge >= 0.3 is 5.97 Å². The van der Waals surface area contributed by atoms with Crippen LogP contribution in [0, 0.1) is 0 Å². The molecule has 1 fully saturated rings. The van der Waals surface area contributed by atoms with E-state index in [2.05, 4.69) is 6.92 Å². The Balaban J connectivity index is 2.28. The summed E-state index contributed by atoms with van der Waals surface area (Å²) in [5, 5.41) is 0. The highest BCUT2D eigenvalue weighted by Gasteiger charge is 2.23. The molecule has 0 N–H and O–H groups in total. The van der Waals surface area contributed by atoms with Gasteiger partial charge in [-0.1, -0.05) is 13.3 Å². The Morgan fingerprint density at radius 1 is 1.54 bits per heavy atom. The summed E-state index contributed by atoms with van der Waals surface area (Å²) < 4.78 is 10.6. The van der Waals surface area contributed by atoms with Crippen LogP contribution in [0.4, 0.5) is 0 Å². The minimum Gasteiger partial charge on any atom is -0.436 e. The molecule has 0 saturated carbocycles. The van der Waals surface area contributed by atoms with E-state index in [1.807, 2.05) is 0 Å². The van der Waals surface area contributed by atoms with Crippen molar-refractivity contribution >= 4 is 5.97 Å². The van der Waals surface area contributed by atoms with Crippen LogP contribution < -0.4 is 0 Å². The Labute approximate surface area is 79.4 Å². The molecule has 3 nitrogen and oxygen atoms in total. The lowest BCUT2D eigenvalue weighted by atomic mass is 10.0. The maximum absolute atomic E-state index is 10.7. The van der Waals surface area contributed by atoms with E-state index in [9.17, 15) is 4.79 Å². The van der Waals surface area contributed by atoms with E-state index < -0.39 is 0 Å². The summed E-state index contributed by atoms with van der Waals surface area (Å²) in [4.78, 5) is 10.7. The first-order valence-electron chi connectivity index (χ1n) is 5.05. The average molecular weight is 186 g/mol. The summed E-state index contributed by atoms with van der Waals surface area (Å²) in [5.74, 6) is -0.248. The molecule has 1 heterocycles. The number of hydrogen-bond acceptors (Lipinski definition) is 3. The van der Waals surface area contributed by atoms with Gasteiger partial charge in [-0.25, -0.2) is 0 Å². The van der Waals surface area contributed by atoms with Crippen LogP contribution in [-0.2, 0) is 14.3 Å². The standard InChI is InChI=1S/C10H18O3/c1-3-5-9-6-4-7-10(13-9)12-8(2)11/h9-10H,3-7H2,1-2H3/t9-,10-/m1/s1. The lowest BCUT2D eigenvalue weighted by Gasteiger charge is -2.29. The number of ether oxygens (including phenoxy) is 2. The molecule has 1 aliphatic rings. The Hall–Kier alpha value is -0.570. The third-order valence-electron chi connectivity index (χ3n) is 2.22. The molecule has 0 spiro atoms. The number of carbonyl (C=O) groups is 1. The van der Waals surface area contributed by atoms with Crippen LogP contribution in [0.2, 0.25) is 0 Å². The predicted molar refractivity (Wildman–Crippen MR) is 49.2 cm³/mol. The van der Waals surface area contributed by atoms with E-state index in [-0.39, 0.29) is 12.3 Å². The van der Waals surface area contributed by atoms with Gasteiger partial charge in [0.1, 0.15) is 0 Å². The topological polar surface area (TPSA) is 35.5 Å². The van der Waals surface area contributed by atoms with E-state index in [1.54, 1.807) is 0 Å². The van der Waals surface area contributed by atoms with Gasteiger partial charge in [0.05, 0.1) is 6.10 Å². The van der Waals surface area contributed by atoms with Gasteiger partial charge in [-0.3, -0.25) is 4.79 Å². The van der Waals surface area contributed by atoms with E-state index in [4.69, 9.17) is 9.47 Å². The van der Waals surface area contributed by atoms with Gasteiger partial charge < -0.3 is 9.47 Å². The van der Waals surface area contributed by atoms with E-state index in [0.717, 1.165) is 32.1 Å². The van der Waals surface area contributed by atoms with Crippen LogP contribution in [0.5, 0.6) is 0 Å². The van der Waals surface area contributed by atoms with Crippen molar-refractivity contribution in [3.63, 3.8) is 0 Å². The molecule has 0 aromatic rings. The minimum atomic E-state index is -0.289. The van der Waals surface area contributed by atoms with Gasteiger partial charge in [0.15, 0.2) is 0 Å². The Morgan fingerprint density at radius 3 is 2.92 bits per heavy atom. The monoisotopic (exact) mass is 186 g/mol. The molecule has 0 aromatic carbocycles. The van der Waals surface area contributed by atoms with Gasteiger partial charge in [0.25, 0.3) is 0 Å². The summed E-state index contributed by atoms with van der Waals surface area (Å²) >= 11 is 0. The maximum Gasteiger partial charge on any atom is 0.304 e. The summed E-state index contributed by atoms with van der Waals surface area (Å²) in [6.45, 7) is 3.56. The predicted octanol–water partition coefficient (Wildman–Crippen LogP) is 2.24. The highest BCUT2D eigenvalue weighted by molar-refractivity contribution is 5.66. The Kier molecular flexibility index (Phi) is 4.22. The first-order valence-corrected chi connectivity index (χ1v) is 5.05. The molecule has 13 heavy (non-hydrogen) atoms. The number of rotatable bonds is 3. The molecule has 1 saturated heterocycles. The van der Waals surface area contributed by atoms with Gasteiger partial charge in [-0.15, -0.1) is 0 Å². The molecule has 0 aliphatic carbocycles. The average Bonchev–Trinajstić information content (AvgIpc) is 2.04. The van der Waals surface area contributed by atoms with E-state index in [1.165, 1.54) is 6.92 Å². The zero-order chi connectivity index (χ0) is 9.68. The van der Waals surface area contributed by atoms with Crippen LogP contribution in [0.15, 0.2) is 0 Å². The normalized spacial score (nSPS) is 28.5. The van der Waals surface area contributed by atoms with Crippen LogP contribution in [0.1, 0.15) is 46.0 Å². The van der Waals surface area contributed by atoms with Crippen LogP contribution in [0.3, 0.4) is 0 Å². The maximum atomic E-state index is 10.7. The minimum absolute atomic E-state index is 0.248. The lowest BCUT2D eigenvalue weighted by molar-refractivity contribution is -0.201. The van der Waals surface area contributed by atoms with Crippen molar-refractivity contribution in [3.8, 4) is 0 Å². The van der Waals surface area contributed by atoms with Crippen molar-refractivity contribution in [3.05, 3.63) is 0 Å². The number of hydrogen-bond donors (Lipinski definition) is 0. The quantitative estimate of drug-likeness (QED) is 0.634. The Bertz CT molecular complexity index is 166. The third-order valence-corrected chi connectivity index (χ3v) is 2.22. The van der Waals surface area contributed by atoms with Crippen molar-refractivity contribution in [1.29, 1.82) is 0 Å². The fourth-order valence-corrected chi connectivity index (χ4v) is 1.67. The molecule has 0 radical (unpaired) electrons. The van der Waals surface area contributed by atoms with Crippen LogP contribution in [0.25, 0.3) is 0 Å². The summed E-state index contributed by atoms with van der Waals surface area (Å²) in [5.41, 5.74) is 0. The van der Waals surface area contributed by atoms with Gasteiger partial charge in [-0.05, 0) is 19.3 Å². The number of esters is 1. The third kappa shape index (κ3) is 3.77. The highest BCUT2D eigenvalue weighted by Crippen LogP contribution is 2.22. The lowest BCUT2D eigenvalue weighted by Crippen LogP contribution is -2.30. The molecule has 0 aromatic heterocycles. The largest absolute Gasteiger partial charge is 0.436 e. The van der Waals surface area contributed by atoms with Crippen molar-refractivity contribution in [2.24, 2.45) is 0 Å². The SMILES string of the molecule is CCC[C@@H]1CCC[C@H](OC(C)=O)O1. The summed E-state index contributed by atoms with van der Waals surface area (Å²) in [7, 11) is 0. The molecule has 1 rings (SSSR count). The van der Waals surface area contributed by atoms with Gasteiger partial charge in [0.2, 0.25) is 6.29 Å². The first-order chi connectivity index (χ1) is 6.22. The Morgan fingerprint density at radius 2 is 2.31 bits per heavy atom. The molecular weight excluding hydrogens is 168 g/mol. The summed E-state index contributed by atoms with van der Waals surface area (Å²) in [6, 6.07) is 0. The molecule has 0 bridgehead atoms. The first kappa shape index (κ1) is 10.5.